The molecule has 15 heavy (non-hydrogen) atoms. The number of hydrogen-bond acceptors (Lipinski definition) is 3. The van der Waals surface area contributed by atoms with Gasteiger partial charge < -0.3 is 10.6 Å². The molecule has 0 spiro atoms. The fourth-order valence-electron chi connectivity index (χ4n) is 1.61. The molecule has 0 aliphatic carbocycles. The molecule has 4 nitrogen and oxygen atoms in total. The summed E-state index contributed by atoms with van der Waals surface area (Å²) < 4.78 is 0.663. The maximum absolute atomic E-state index is 11.7. The zero-order valence-electron chi connectivity index (χ0n) is 8.16. The molecule has 1 atom stereocenters. The van der Waals surface area contributed by atoms with Gasteiger partial charge >= 0.3 is 0 Å². The van der Waals surface area contributed by atoms with E-state index in [1.165, 1.54) is 0 Å². The largest absolute Gasteiger partial charge is 0.322 e. The molecule has 1 aromatic heterocycles. The molecule has 2 rings (SSSR count). The third-order valence-corrected chi connectivity index (χ3v) is 3.03. The molecule has 1 fully saturated rings. The lowest BCUT2D eigenvalue weighted by Crippen LogP contribution is -2.35. The van der Waals surface area contributed by atoms with E-state index in [-0.39, 0.29) is 11.9 Å². The summed E-state index contributed by atoms with van der Waals surface area (Å²) in [6, 6.07) is 3.56. The smallest absolute Gasteiger partial charge is 0.241 e. The number of nitrogens with one attached hydrogen (secondary N) is 2. The summed E-state index contributed by atoms with van der Waals surface area (Å²) in [6.07, 6.45) is 3.64. The number of hydrogen-bond donors (Lipinski definition) is 2. The van der Waals surface area contributed by atoms with Gasteiger partial charge in [-0.05, 0) is 47.4 Å². The number of pyridine rings is 1. The molecule has 1 amide bonds. The predicted molar refractivity (Wildman–Crippen MR) is 61.6 cm³/mol. The van der Waals surface area contributed by atoms with Crippen LogP contribution in [0, 0.1) is 0 Å². The number of aromatic nitrogens is 1. The van der Waals surface area contributed by atoms with Crippen LogP contribution in [0.25, 0.3) is 0 Å². The van der Waals surface area contributed by atoms with E-state index in [2.05, 4.69) is 31.5 Å². The van der Waals surface area contributed by atoms with Gasteiger partial charge in [0.1, 0.15) is 4.60 Å². The molecule has 0 saturated carbocycles. The van der Waals surface area contributed by atoms with E-state index < -0.39 is 0 Å². The highest BCUT2D eigenvalue weighted by Gasteiger charge is 2.22. The fraction of sp³-hybridized carbons (Fsp3) is 0.400. The quantitative estimate of drug-likeness (QED) is 0.801. The molecule has 2 N–H and O–H groups in total. The molecule has 1 aliphatic heterocycles. The van der Waals surface area contributed by atoms with Gasteiger partial charge in [-0.1, -0.05) is 0 Å². The fourth-order valence-corrected chi connectivity index (χ4v) is 1.96. The van der Waals surface area contributed by atoms with E-state index in [0.717, 1.165) is 25.1 Å². The normalized spacial score (nSPS) is 20.2. The first-order valence-electron chi connectivity index (χ1n) is 4.92. The minimum Gasteiger partial charge on any atom is -0.322 e. The van der Waals surface area contributed by atoms with Gasteiger partial charge in [0.05, 0.1) is 11.7 Å². The Hall–Kier alpha value is -0.940. The van der Waals surface area contributed by atoms with Crippen LogP contribution in [0.5, 0.6) is 0 Å². The number of anilines is 1. The Bertz CT molecular complexity index is 363. The maximum atomic E-state index is 11.7. The number of amides is 1. The number of rotatable bonds is 2. The van der Waals surface area contributed by atoms with Crippen LogP contribution in [-0.4, -0.2) is 23.5 Å². The summed E-state index contributed by atoms with van der Waals surface area (Å²) in [7, 11) is 0. The Morgan fingerprint density at radius 3 is 3.20 bits per heavy atom. The van der Waals surface area contributed by atoms with E-state index in [1.807, 2.05) is 6.07 Å². The number of halogens is 1. The molecule has 0 unspecified atom stereocenters. The lowest BCUT2D eigenvalue weighted by molar-refractivity contribution is -0.117. The Kier molecular flexibility index (Phi) is 3.33. The number of carbonyl (C=O) groups is 1. The minimum absolute atomic E-state index is 0.0150. The Morgan fingerprint density at radius 2 is 2.53 bits per heavy atom. The van der Waals surface area contributed by atoms with Crippen molar-refractivity contribution in [3.8, 4) is 0 Å². The highest BCUT2D eigenvalue weighted by Crippen LogP contribution is 2.19. The van der Waals surface area contributed by atoms with E-state index in [4.69, 9.17) is 0 Å². The van der Waals surface area contributed by atoms with E-state index in [0.29, 0.717) is 4.60 Å². The van der Waals surface area contributed by atoms with Gasteiger partial charge in [-0.15, -0.1) is 0 Å². The van der Waals surface area contributed by atoms with Crippen molar-refractivity contribution in [2.75, 3.05) is 11.9 Å². The van der Waals surface area contributed by atoms with Gasteiger partial charge in [-0.25, -0.2) is 4.98 Å². The summed E-state index contributed by atoms with van der Waals surface area (Å²) in [5, 5.41) is 5.99. The van der Waals surface area contributed by atoms with Crippen molar-refractivity contribution in [3.63, 3.8) is 0 Å². The first-order chi connectivity index (χ1) is 7.27. The van der Waals surface area contributed by atoms with Crippen LogP contribution in [0.3, 0.4) is 0 Å². The second-order valence-corrected chi connectivity index (χ2v) is 4.23. The molecule has 1 aromatic rings. The van der Waals surface area contributed by atoms with Gasteiger partial charge in [0.15, 0.2) is 0 Å². The lowest BCUT2D eigenvalue weighted by Gasteiger charge is -2.11. The number of nitrogens with zero attached hydrogens (tertiary/aromatic N) is 1. The molecule has 1 saturated heterocycles. The predicted octanol–water partition coefficient (Wildman–Crippen LogP) is 1.53. The van der Waals surface area contributed by atoms with E-state index in [9.17, 15) is 4.79 Å². The van der Waals surface area contributed by atoms with Crippen LogP contribution in [0.1, 0.15) is 12.8 Å². The molecule has 0 bridgehead atoms. The van der Waals surface area contributed by atoms with E-state index >= 15 is 0 Å². The van der Waals surface area contributed by atoms with Crippen LogP contribution in [0.15, 0.2) is 22.9 Å². The maximum Gasteiger partial charge on any atom is 0.241 e. The van der Waals surface area contributed by atoms with E-state index in [1.54, 1.807) is 12.3 Å². The summed E-state index contributed by atoms with van der Waals surface area (Å²) in [5.74, 6) is 0.0150. The Morgan fingerprint density at radius 1 is 1.67 bits per heavy atom. The Balaban J connectivity index is 2.02. The topological polar surface area (TPSA) is 54.0 Å². The molecule has 1 aliphatic rings. The highest BCUT2D eigenvalue weighted by molar-refractivity contribution is 9.10. The van der Waals surface area contributed by atoms with Gasteiger partial charge in [0.2, 0.25) is 5.91 Å². The van der Waals surface area contributed by atoms with Crippen molar-refractivity contribution < 1.29 is 4.79 Å². The van der Waals surface area contributed by atoms with Crippen molar-refractivity contribution in [1.82, 2.24) is 10.3 Å². The van der Waals surface area contributed by atoms with Crippen molar-refractivity contribution in [2.24, 2.45) is 0 Å². The summed E-state index contributed by atoms with van der Waals surface area (Å²) in [6.45, 7) is 0.923. The summed E-state index contributed by atoms with van der Waals surface area (Å²) in [5.41, 5.74) is 0.719. The second-order valence-electron chi connectivity index (χ2n) is 3.48. The third-order valence-electron chi connectivity index (χ3n) is 2.39. The zero-order valence-corrected chi connectivity index (χ0v) is 9.75. The average Bonchev–Trinajstić information content (AvgIpc) is 2.74. The first kappa shape index (κ1) is 10.6. The zero-order chi connectivity index (χ0) is 10.7. The standard InChI is InChI=1S/C10H12BrN3O/c11-9-7(3-1-6-13-9)14-10(15)8-4-2-5-12-8/h1,3,6,8,12H,2,4-5H2,(H,14,15)/t8-/m0/s1. The minimum atomic E-state index is -0.0582. The molecule has 5 heteroatoms. The average molecular weight is 270 g/mol. The van der Waals surface area contributed by atoms with Crippen molar-refractivity contribution in [3.05, 3.63) is 22.9 Å². The third kappa shape index (κ3) is 2.54. The molecular formula is C10H12BrN3O. The van der Waals surface area contributed by atoms with Crippen molar-refractivity contribution >= 4 is 27.5 Å². The monoisotopic (exact) mass is 269 g/mol. The summed E-state index contributed by atoms with van der Waals surface area (Å²) in [4.78, 5) is 15.8. The lowest BCUT2D eigenvalue weighted by atomic mass is 10.2. The molecule has 80 valence electrons. The number of carbonyl (C=O) groups excluding carboxylic acids is 1. The SMILES string of the molecule is O=C(Nc1cccnc1Br)[C@@H]1CCCN1. The molecular weight excluding hydrogens is 258 g/mol. The van der Waals surface area contributed by atoms with Gasteiger partial charge in [0, 0.05) is 6.20 Å². The van der Waals surface area contributed by atoms with Crippen LogP contribution in [0.2, 0.25) is 0 Å². The Labute approximate surface area is 96.6 Å². The van der Waals surface area contributed by atoms with Gasteiger partial charge in [-0.2, -0.15) is 0 Å². The van der Waals surface area contributed by atoms with Crippen LogP contribution >= 0.6 is 15.9 Å². The van der Waals surface area contributed by atoms with Crippen molar-refractivity contribution in [2.45, 2.75) is 18.9 Å². The van der Waals surface area contributed by atoms with Gasteiger partial charge in [0.25, 0.3) is 0 Å². The van der Waals surface area contributed by atoms with Crippen LogP contribution in [-0.2, 0) is 4.79 Å². The van der Waals surface area contributed by atoms with Crippen LogP contribution < -0.4 is 10.6 Å². The van der Waals surface area contributed by atoms with Gasteiger partial charge in [-0.3, -0.25) is 4.79 Å². The van der Waals surface area contributed by atoms with Crippen LogP contribution in [0.4, 0.5) is 5.69 Å². The summed E-state index contributed by atoms with van der Waals surface area (Å²) >= 11 is 3.29. The first-order valence-corrected chi connectivity index (χ1v) is 5.71. The second kappa shape index (κ2) is 4.72. The molecule has 2 heterocycles. The molecule has 0 aromatic carbocycles. The highest BCUT2D eigenvalue weighted by atomic mass is 79.9. The van der Waals surface area contributed by atoms with Crippen molar-refractivity contribution in [1.29, 1.82) is 0 Å². The molecule has 0 radical (unpaired) electrons.